The lowest BCUT2D eigenvalue weighted by atomic mass is 10.2. The molecule has 0 spiro atoms. The van der Waals surface area contributed by atoms with Crippen LogP contribution in [-0.2, 0) is 16.1 Å². The summed E-state index contributed by atoms with van der Waals surface area (Å²) < 4.78 is 13.8. The number of thiazole rings is 1. The fourth-order valence-corrected chi connectivity index (χ4v) is 4.93. The van der Waals surface area contributed by atoms with E-state index in [1.54, 1.807) is 32.4 Å². The first-order valence-electron chi connectivity index (χ1n) is 10.3. The van der Waals surface area contributed by atoms with Gasteiger partial charge in [-0.3, -0.25) is 19.3 Å². The highest BCUT2D eigenvalue weighted by Crippen LogP contribution is 2.35. The number of carbonyl (C=O) groups is 3. The van der Waals surface area contributed by atoms with Crippen molar-refractivity contribution >= 4 is 45.0 Å². The highest BCUT2D eigenvalue weighted by atomic mass is 32.1. The number of hydrogen-bond acceptors (Lipinski definition) is 6. The van der Waals surface area contributed by atoms with Crippen molar-refractivity contribution in [1.82, 2.24) is 4.57 Å². The van der Waals surface area contributed by atoms with E-state index in [0.717, 1.165) is 21.5 Å². The summed E-state index contributed by atoms with van der Waals surface area (Å²) in [7, 11) is 3.20. The van der Waals surface area contributed by atoms with E-state index in [1.807, 2.05) is 23.6 Å². The molecule has 0 atom stereocenters. The standard InChI is InChI=1S/C23H23N3O5S/c1-4-12-25-20-16(30-2)8-9-17(31-3)21(20)32-23(25)24-22(29)14-6-5-7-15(13-14)26-18(27)10-11-19(26)28/h5-9,13H,4,10-12H2,1-3H3. The van der Waals surface area contributed by atoms with E-state index in [9.17, 15) is 14.4 Å². The van der Waals surface area contributed by atoms with Gasteiger partial charge in [-0.05, 0) is 36.8 Å². The maximum absolute atomic E-state index is 13.1. The van der Waals surface area contributed by atoms with Gasteiger partial charge in [-0.25, -0.2) is 0 Å². The molecule has 1 aromatic heterocycles. The molecule has 9 heteroatoms. The summed E-state index contributed by atoms with van der Waals surface area (Å²) >= 11 is 1.35. The lowest BCUT2D eigenvalue weighted by Crippen LogP contribution is -2.28. The lowest BCUT2D eigenvalue weighted by Gasteiger charge is -2.14. The van der Waals surface area contributed by atoms with Crippen LogP contribution in [0.15, 0.2) is 41.4 Å². The van der Waals surface area contributed by atoms with Crippen molar-refractivity contribution in [3.8, 4) is 11.5 Å². The van der Waals surface area contributed by atoms with Gasteiger partial charge in [0.25, 0.3) is 5.91 Å². The second-order valence-corrected chi connectivity index (χ2v) is 8.25. The molecule has 2 aromatic carbocycles. The van der Waals surface area contributed by atoms with Crippen LogP contribution in [-0.4, -0.2) is 36.5 Å². The highest BCUT2D eigenvalue weighted by molar-refractivity contribution is 7.16. The zero-order valence-corrected chi connectivity index (χ0v) is 18.9. The number of ether oxygens (including phenoxy) is 2. The van der Waals surface area contributed by atoms with Gasteiger partial charge >= 0.3 is 0 Å². The number of fused-ring (bicyclic) bond motifs is 1. The third kappa shape index (κ3) is 3.80. The highest BCUT2D eigenvalue weighted by Gasteiger charge is 2.30. The first-order chi connectivity index (χ1) is 15.5. The molecule has 1 fully saturated rings. The number of methoxy groups -OCH3 is 2. The van der Waals surface area contributed by atoms with Gasteiger partial charge in [0.15, 0.2) is 4.80 Å². The fraction of sp³-hybridized carbons (Fsp3) is 0.304. The Morgan fingerprint density at radius 1 is 1.06 bits per heavy atom. The predicted octanol–water partition coefficient (Wildman–Crippen LogP) is 3.52. The molecule has 0 unspecified atom stereocenters. The van der Waals surface area contributed by atoms with Gasteiger partial charge in [0.2, 0.25) is 11.8 Å². The molecule has 2 heterocycles. The first-order valence-corrected chi connectivity index (χ1v) is 11.1. The molecule has 166 valence electrons. The van der Waals surface area contributed by atoms with Crippen molar-refractivity contribution in [3.05, 3.63) is 46.8 Å². The van der Waals surface area contributed by atoms with Crippen molar-refractivity contribution in [2.24, 2.45) is 4.99 Å². The molecule has 1 aliphatic rings. The zero-order valence-electron chi connectivity index (χ0n) is 18.1. The molecule has 0 N–H and O–H groups in total. The van der Waals surface area contributed by atoms with Gasteiger partial charge in [-0.2, -0.15) is 4.99 Å². The number of aryl methyl sites for hydroxylation is 1. The Balaban J connectivity index is 1.82. The number of benzene rings is 2. The normalized spacial score (nSPS) is 14.5. The monoisotopic (exact) mass is 453 g/mol. The van der Waals surface area contributed by atoms with E-state index in [1.165, 1.54) is 17.4 Å². The zero-order chi connectivity index (χ0) is 22.8. The average Bonchev–Trinajstić information content (AvgIpc) is 3.33. The van der Waals surface area contributed by atoms with Crippen LogP contribution in [0.3, 0.4) is 0 Å². The van der Waals surface area contributed by atoms with Crippen molar-refractivity contribution in [2.45, 2.75) is 32.7 Å². The Morgan fingerprint density at radius 3 is 2.41 bits per heavy atom. The Labute approximate surface area is 188 Å². The van der Waals surface area contributed by atoms with Gasteiger partial charge in [0.1, 0.15) is 21.7 Å². The number of rotatable bonds is 6. The number of amides is 3. The average molecular weight is 454 g/mol. The van der Waals surface area contributed by atoms with Crippen LogP contribution in [0.2, 0.25) is 0 Å². The molecule has 3 aromatic rings. The lowest BCUT2D eigenvalue weighted by molar-refractivity contribution is -0.121. The van der Waals surface area contributed by atoms with Crippen LogP contribution in [0, 0.1) is 0 Å². The molecule has 8 nitrogen and oxygen atoms in total. The fourth-order valence-electron chi connectivity index (χ4n) is 3.76. The van der Waals surface area contributed by atoms with Crippen LogP contribution in [0.5, 0.6) is 11.5 Å². The second kappa shape index (κ2) is 8.96. The van der Waals surface area contributed by atoms with E-state index < -0.39 is 5.91 Å². The maximum Gasteiger partial charge on any atom is 0.279 e. The predicted molar refractivity (Wildman–Crippen MR) is 121 cm³/mol. The van der Waals surface area contributed by atoms with Gasteiger partial charge in [-0.15, -0.1) is 0 Å². The Kier molecular flexibility index (Phi) is 6.09. The Morgan fingerprint density at radius 2 is 1.75 bits per heavy atom. The molecule has 0 bridgehead atoms. The molecule has 3 amide bonds. The van der Waals surface area contributed by atoms with Crippen LogP contribution >= 0.6 is 11.3 Å². The summed E-state index contributed by atoms with van der Waals surface area (Å²) in [5, 5.41) is 0. The molecule has 4 rings (SSSR count). The van der Waals surface area contributed by atoms with E-state index in [4.69, 9.17) is 9.47 Å². The number of nitrogens with zero attached hydrogens (tertiary/aromatic N) is 3. The minimum absolute atomic E-state index is 0.184. The summed E-state index contributed by atoms with van der Waals surface area (Å²) in [6.07, 6.45) is 1.20. The van der Waals surface area contributed by atoms with Crippen LogP contribution in [0.4, 0.5) is 5.69 Å². The third-order valence-corrected chi connectivity index (χ3v) is 6.33. The first kappa shape index (κ1) is 21.8. The second-order valence-electron chi connectivity index (χ2n) is 7.27. The minimum atomic E-state index is -0.458. The Hall–Kier alpha value is -3.46. The molecule has 1 aliphatic heterocycles. The minimum Gasteiger partial charge on any atom is -0.495 e. The number of carbonyl (C=O) groups excluding carboxylic acids is 3. The quantitative estimate of drug-likeness (QED) is 0.533. The van der Waals surface area contributed by atoms with Gasteiger partial charge in [-0.1, -0.05) is 24.3 Å². The van der Waals surface area contributed by atoms with Crippen molar-refractivity contribution in [2.75, 3.05) is 19.1 Å². The summed E-state index contributed by atoms with van der Waals surface area (Å²) in [6, 6.07) is 10.1. The largest absolute Gasteiger partial charge is 0.495 e. The SMILES string of the molecule is CCCn1c(=NC(=O)c2cccc(N3C(=O)CCC3=O)c2)sc2c(OC)ccc(OC)c21. The molecular weight excluding hydrogens is 430 g/mol. The van der Waals surface area contributed by atoms with E-state index in [2.05, 4.69) is 4.99 Å². The van der Waals surface area contributed by atoms with Crippen molar-refractivity contribution < 1.29 is 23.9 Å². The molecule has 0 radical (unpaired) electrons. The summed E-state index contributed by atoms with van der Waals surface area (Å²) in [5.41, 5.74) is 1.52. The summed E-state index contributed by atoms with van der Waals surface area (Å²) in [6.45, 7) is 2.69. The van der Waals surface area contributed by atoms with E-state index >= 15 is 0 Å². The smallest absolute Gasteiger partial charge is 0.279 e. The third-order valence-electron chi connectivity index (χ3n) is 5.24. The van der Waals surface area contributed by atoms with Gasteiger partial charge in [0.05, 0.1) is 19.9 Å². The van der Waals surface area contributed by atoms with Crippen LogP contribution in [0.25, 0.3) is 10.2 Å². The molecule has 0 saturated carbocycles. The van der Waals surface area contributed by atoms with E-state index in [-0.39, 0.29) is 24.7 Å². The molecular formula is C23H23N3O5S. The van der Waals surface area contributed by atoms with Crippen molar-refractivity contribution in [1.29, 1.82) is 0 Å². The topological polar surface area (TPSA) is 90.2 Å². The van der Waals surface area contributed by atoms with Crippen LogP contribution < -0.4 is 19.2 Å². The molecule has 0 aliphatic carbocycles. The molecule has 1 saturated heterocycles. The van der Waals surface area contributed by atoms with Gasteiger partial charge < -0.3 is 14.0 Å². The van der Waals surface area contributed by atoms with E-state index in [0.29, 0.717) is 34.1 Å². The Bertz CT molecular complexity index is 1270. The molecule has 32 heavy (non-hydrogen) atoms. The number of anilines is 1. The summed E-state index contributed by atoms with van der Waals surface area (Å²) in [4.78, 5) is 43.2. The van der Waals surface area contributed by atoms with Gasteiger partial charge in [0, 0.05) is 24.9 Å². The van der Waals surface area contributed by atoms with Crippen molar-refractivity contribution in [3.63, 3.8) is 0 Å². The number of hydrogen-bond donors (Lipinski definition) is 0. The maximum atomic E-state index is 13.1. The summed E-state index contributed by atoms with van der Waals surface area (Å²) in [5.74, 6) is 0.368. The number of imide groups is 1. The number of aromatic nitrogens is 1. The van der Waals surface area contributed by atoms with Crippen LogP contribution in [0.1, 0.15) is 36.5 Å².